The molecule has 2 aromatic rings. The monoisotopic (exact) mass is 259 g/mol. The van der Waals surface area contributed by atoms with Crippen LogP contribution in [0.3, 0.4) is 0 Å². The van der Waals surface area contributed by atoms with Gasteiger partial charge >= 0.3 is 0 Å². The first-order valence-electron chi connectivity index (χ1n) is 6.85. The van der Waals surface area contributed by atoms with Crippen LogP contribution in [0.4, 0.5) is 0 Å². The number of nitrogens with zero attached hydrogens (tertiary/aromatic N) is 2. The second kappa shape index (κ2) is 7.04. The van der Waals surface area contributed by atoms with Crippen LogP contribution in [0.5, 0.6) is 0 Å². The Labute approximate surface area is 114 Å². The molecule has 0 aliphatic rings. The minimum absolute atomic E-state index is 0.722. The van der Waals surface area contributed by atoms with Crippen LogP contribution in [0.15, 0.2) is 28.7 Å². The molecule has 1 N–H and O–H groups in total. The summed E-state index contributed by atoms with van der Waals surface area (Å²) in [5, 5.41) is 11.4. The molecule has 0 aliphatic carbocycles. The fraction of sp³-hybridized carbons (Fsp3) is 0.467. The molecule has 0 atom stereocenters. The zero-order chi connectivity index (χ0) is 13.5. The highest BCUT2D eigenvalue weighted by molar-refractivity contribution is 5.22. The minimum Gasteiger partial charge on any atom is -0.425 e. The first-order chi connectivity index (χ1) is 9.28. The predicted molar refractivity (Wildman–Crippen MR) is 75.1 cm³/mol. The van der Waals surface area contributed by atoms with Crippen LogP contribution in [-0.4, -0.2) is 23.3 Å². The third-order valence-corrected chi connectivity index (χ3v) is 2.98. The van der Waals surface area contributed by atoms with Gasteiger partial charge in [-0.25, -0.2) is 0 Å². The molecule has 4 heteroatoms. The highest BCUT2D eigenvalue weighted by atomic mass is 16.4. The van der Waals surface area contributed by atoms with Gasteiger partial charge in [0.25, 0.3) is 0 Å². The third kappa shape index (κ3) is 4.48. The Kier molecular flexibility index (Phi) is 5.10. The SMILES string of the molecule is CCNCCc1nnc(CCc2cccc(C)c2)o1. The molecule has 0 spiro atoms. The fourth-order valence-electron chi connectivity index (χ4n) is 1.98. The molecule has 0 fully saturated rings. The van der Waals surface area contributed by atoms with Gasteiger partial charge in [0, 0.05) is 19.4 Å². The number of aryl methyl sites for hydroxylation is 3. The average Bonchev–Trinajstić information content (AvgIpc) is 2.85. The molecule has 0 amide bonds. The van der Waals surface area contributed by atoms with Crippen molar-refractivity contribution in [3.8, 4) is 0 Å². The van der Waals surface area contributed by atoms with Gasteiger partial charge in [-0.15, -0.1) is 10.2 Å². The van der Waals surface area contributed by atoms with Crippen LogP contribution in [0.2, 0.25) is 0 Å². The van der Waals surface area contributed by atoms with Gasteiger partial charge in [-0.05, 0) is 25.5 Å². The lowest BCUT2D eigenvalue weighted by atomic mass is 10.1. The first kappa shape index (κ1) is 13.7. The van der Waals surface area contributed by atoms with E-state index >= 15 is 0 Å². The topological polar surface area (TPSA) is 51.0 Å². The van der Waals surface area contributed by atoms with Crippen molar-refractivity contribution in [2.24, 2.45) is 0 Å². The van der Waals surface area contributed by atoms with Crippen molar-refractivity contribution in [3.63, 3.8) is 0 Å². The smallest absolute Gasteiger partial charge is 0.217 e. The molecule has 0 saturated carbocycles. The second-order valence-electron chi connectivity index (χ2n) is 4.68. The van der Waals surface area contributed by atoms with Gasteiger partial charge in [0.05, 0.1) is 0 Å². The summed E-state index contributed by atoms with van der Waals surface area (Å²) < 4.78 is 5.62. The van der Waals surface area contributed by atoms with Gasteiger partial charge in [-0.2, -0.15) is 0 Å². The minimum atomic E-state index is 0.722. The number of hydrogen-bond donors (Lipinski definition) is 1. The highest BCUT2D eigenvalue weighted by Crippen LogP contribution is 2.09. The fourth-order valence-corrected chi connectivity index (χ4v) is 1.98. The zero-order valence-electron chi connectivity index (χ0n) is 11.6. The van der Waals surface area contributed by atoms with Crippen molar-refractivity contribution in [2.75, 3.05) is 13.1 Å². The van der Waals surface area contributed by atoms with Crippen molar-refractivity contribution in [2.45, 2.75) is 33.1 Å². The molecule has 0 aliphatic heterocycles. The molecule has 0 unspecified atom stereocenters. The average molecular weight is 259 g/mol. The lowest BCUT2D eigenvalue weighted by Crippen LogP contribution is -2.16. The van der Waals surface area contributed by atoms with Crippen molar-refractivity contribution >= 4 is 0 Å². The quantitative estimate of drug-likeness (QED) is 0.775. The molecule has 1 aromatic heterocycles. The highest BCUT2D eigenvalue weighted by Gasteiger charge is 2.06. The van der Waals surface area contributed by atoms with Crippen molar-refractivity contribution < 1.29 is 4.42 Å². The summed E-state index contributed by atoms with van der Waals surface area (Å²) in [5.74, 6) is 1.45. The van der Waals surface area contributed by atoms with E-state index < -0.39 is 0 Å². The number of nitrogens with one attached hydrogen (secondary N) is 1. The maximum atomic E-state index is 5.62. The van der Waals surface area contributed by atoms with E-state index in [9.17, 15) is 0 Å². The largest absolute Gasteiger partial charge is 0.425 e. The Balaban J connectivity index is 1.83. The lowest BCUT2D eigenvalue weighted by Gasteiger charge is -2.00. The Morgan fingerprint density at radius 2 is 1.89 bits per heavy atom. The number of aromatic nitrogens is 2. The standard InChI is InChI=1S/C15H21N3O/c1-3-16-10-9-15-18-17-14(19-15)8-7-13-6-4-5-12(2)11-13/h4-6,11,16H,3,7-10H2,1-2H3. The number of benzene rings is 1. The third-order valence-electron chi connectivity index (χ3n) is 2.98. The van der Waals surface area contributed by atoms with Crippen molar-refractivity contribution in [3.05, 3.63) is 47.2 Å². The van der Waals surface area contributed by atoms with E-state index in [1.165, 1.54) is 11.1 Å². The Hall–Kier alpha value is -1.68. The van der Waals surface area contributed by atoms with Crippen LogP contribution in [-0.2, 0) is 19.3 Å². The molecule has 102 valence electrons. The van der Waals surface area contributed by atoms with Gasteiger partial charge in [0.15, 0.2) is 0 Å². The van der Waals surface area contributed by atoms with Crippen LogP contribution in [0.25, 0.3) is 0 Å². The lowest BCUT2D eigenvalue weighted by molar-refractivity contribution is 0.444. The molecular formula is C15H21N3O. The zero-order valence-corrected chi connectivity index (χ0v) is 11.6. The summed E-state index contributed by atoms with van der Waals surface area (Å²) in [6, 6.07) is 8.52. The van der Waals surface area contributed by atoms with Crippen LogP contribution in [0, 0.1) is 6.92 Å². The number of likely N-dealkylation sites (N-methyl/N-ethyl adjacent to an activating group) is 1. The summed E-state index contributed by atoms with van der Waals surface area (Å²) in [5.41, 5.74) is 2.60. The number of rotatable bonds is 7. The summed E-state index contributed by atoms with van der Waals surface area (Å²) in [7, 11) is 0. The summed E-state index contributed by atoms with van der Waals surface area (Å²) in [6.07, 6.45) is 2.54. The van der Waals surface area contributed by atoms with Gasteiger partial charge < -0.3 is 9.73 Å². The van der Waals surface area contributed by atoms with E-state index in [4.69, 9.17) is 4.42 Å². The molecule has 0 radical (unpaired) electrons. The van der Waals surface area contributed by atoms with E-state index in [-0.39, 0.29) is 0 Å². The van der Waals surface area contributed by atoms with E-state index in [0.29, 0.717) is 0 Å². The van der Waals surface area contributed by atoms with Gasteiger partial charge in [-0.3, -0.25) is 0 Å². The van der Waals surface area contributed by atoms with E-state index in [1.807, 2.05) is 0 Å². The molecule has 0 saturated heterocycles. The summed E-state index contributed by atoms with van der Waals surface area (Å²) in [4.78, 5) is 0. The van der Waals surface area contributed by atoms with Crippen molar-refractivity contribution in [1.29, 1.82) is 0 Å². The Bertz CT molecular complexity index is 508. The summed E-state index contributed by atoms with van der Waals surface area (Å²) in [6.45, 7) is 6.04. The molecule has 19 heavy (non-hydrogen) atoms. The van der Waals surface area contributed by atoms with E-state index in [1.54, 1.807) is 0 Å². The van der Waals surface area contributed by atoms with Crippen LogP contribution in [0.1, 0.15) is 29.8 Å². The molecule has 4 nitrogen and oxygen atoms in total. The molecular weight excluding hydrogens is 238 g/mol. The predicted octanol–water partition coefficient (Wildman–Crippen LogP) is 2.32. The van der Waals surface area contributed by atoms with Crippen molar-refractivity contribution in [1.82, 2.24) is 15.5 Å². The van der Waals surface area contributed by atoms with Crippen LogP contribution >= 0.6 is 0 Å². The second-order valence-corrected chi connectivity index (χ2v) is 4.68. The number of hydrogen-bond acceptors (Lipinski definition) is 4. The first-order valence-corrected chi connectivity index (χ1v) is 6.85. The van der Waals surface area contributed by atoms with Gasteiger partial charge in [-0.1, -0.05) is 36.8 Å². The maximum absolute atomic E-state index is 5.62. The van der Waals surface area contributed by atoms with E-state index in [2.05, 4.69) is 53.6 Å². The molecule has 0 bridgehead atoms. The molecule has 1 heterocycles. The van der Waals surface area contributed by atoms with Gasteiger partial charge in [0.2, 0.25) is 11.8 Å². The molecule has 2 rings (SSSR count). The normalized spacial score (nSPS) is 10.8. The Morgan fingerprint density at radius 1 is 1.11 bits per heavy atom. The van der Waals surface area contributed by atoms with Crippen LogP contribution < -0.4 is 5.32 Å². The summed E-state index contributed by atoms with van der Waals surface area (Å²) >= 11 is 0. The van der Waals surface area contributed by atoms with Gasteiger partial charge in [0.1, 0.15) is 0 Å². The maximum Gasteiger partial charge on any atom is 0.217 e. The molecule has 1 aromatic carbocycles. The Morgan fingerprint density at radius 3 is 2.63 bits per heavy atom. The van der Waals surface area contributed by atoms with E-state index in [0.717, 1.165) is 44.1 Å².